The highest BCUT2D eigenvalue weighted by Crippen LogP contribution is 2.30. The van der Waals surface area contributed by atoms with Crippen molar-refractivity contribution in [2.45, 2.75) is 25.3 Å². The minimum Gasteiger partial charge on any atom is -0.495 e. The van der Waals surface area contributed by atoms with E-state index in [4.69, 9.17) is 4.74 Å². The molecule has 0 aromatic heterocycles. The minimum atomic E-state index is -3.81. The Bertz CT molecular complexity index is 835. The Morgan fingerprint density at radius 2 is 1.84 bits per heavy atom. The first kappa shape index (κ1) is 18.8. The van der Waals surface area contributed by atoms with Crippen molar-refractivity contribution in [2.24, 2.45) is 0 Å². The van der Waals surface area contributed by atoms with Crippen LogP contribution in [0.2, 0.25) is 0 Å². The van der Waals surface area contributed by atoms with E-state index in [0.29, 0.717) is 11.3 Å². The molecule has 25 heavy (non-hydrogen) atoms. The molecule has 1 amide bonds. The van der Waals surface area contributed by atoms with Crippen LogP contribution in [0.1, 0.15) is 19.4 Å². The maximum Gasteiger partial charge on any atom is 0.268 e. The Labute approximate surface area is 148 Å². The summed E-state index contributed by atoms with van der Waals surface area (Å²) in [5.74, 6) is 0.0839. The molecule has 0 atom stereocenters. The number of ether oxygens (including phenoxy) is 1. The van der Waals surface area contributed by atoms with Gasteiger partial charge in [-0.1, -0.05) is 24.3 Å². The van der Waals surface area contributed by atoms with Crippen LogP contribution in [-0.4, -0.2) is 28.0 Å². The molecular weight excluding hydrogens is 340 g/mol. The first-order valence-corrected chi connectivity index (χ1v) is 9.33. The molecule has 6 nitrogen and oxygen atoms in total. The first-order chi connectivity index (χ1) is 11.9. The van der Waals surface area contributed by atoms with Gasteiger partial charge in [-0.15, -0.1) is 0 Å². The number of hydrogen-bond acceptors (Lipinski definition) is 4. The van der Waals surface area contributed by atoms with Gasteiger partial charge in [-0.3, -0.25) is 9.10 Å². The highest BCUT2D eigenvalue weighted by Gasteiger charge is 2.27. The van der Waals surface area contributed by atoms with Crippen molar-refractivity contribution >= 4 is 21.6 Å². The van der Waals surface area contributed by atoms with E-state index in [1.54, 1.807) is 43.3 Å². The summed E-state index contributed by atoms with van der Waals surface area (Å²) in [6.45, 7) is 3.72. The summed E-state index contributed by atoms with van der Waals surface area (Å²) in [7, 11) is -2.38. The lowest BCUT2D eigenvalue weighted by Gasteiger charge is -2.24. The molecule has 2 aromatic carbocycles. The number of anilines is 1. The summed E-state index contributed by atoms with van der Waals surface area (Å²) >= 11 is 0. The van der Waals surface area contributed by atoms with Crippen LogP contribution < -0.4 is 14.4 Å². The lowest BCUT2D eigenvalue weighted by atomic mass is 10.2. The molecule has 134 valence electrons. The first-order valence-electron chi connectivity index (χ1n) is 7.89. The van der Waals surface area contributed by atoms with Gasteiger partial charge in [0.2, 0.25) is 5.91 Å². The van der Waals surface area contributed by atoms with Crippen LogP contribution in [0.15, 0.2) is 53.4 Å². The molecule has 0 saturated heterocycles. The molecule has 0 aliphatic heterocycles. The summed E-state index contributed by atoms with van der Waals surface area (Å²) in [4.78, 5) is 11.2. The molecule has 0 saturated carbocycles. The molecule has 0 bridgehead atoms. The molecule has 0 aliphatic rings. The van der Waals surface area contributed by atoms with Crippen molar-refractivity contribution in [1.29, 1.82) is 0 Å². The van der Waals surface area contributed by atoms with Crippen molar-refractivity contribution in [1.82, 2.24) is 5.32 Å². The van der Waals surface area contributed by atoms with Gasteiger partial charge in [0.15, 0.2) is 0 Å². The molecule has 0 unspecified atom stereocenters. The van der Waals surface area contributed by atoms with E-state index in [-0.39, 0.29) is 29.6 Å². The number of hydrogen-bond donors (Lipinski definition) is 1. The van der Waals surface area contributed by atoms with Gasteiger partial charge in [-0.2, -0.15) is 0 Å². The van der Waals surface area contributed by atoms with E-state index < -0.39 is 10.0 Å². The van der Waals surface area contributed by atoms with Crippen LogP contribution in [0.3, 0.4) is 0 Å². The molecule has 2 aromatic rings. The number of benzene rings is 2. The van der Waals surface area contributed by atoms with E-state index in [0.717, 1.165) is 0 Å². The van der Waals surface area contributed by atoms with Crippen molar-refractivity contribution in [3.05, 3.63) is 54.1 Å². The Hall–Kier alpha value is -2.54. The fourth-order valence-electron chi connectivity index (χ4n) is 2.46. The number of sulfonamides is 1. The smallest absolute Gasteiger partial charge is 0.268 e. The lowest BCUT2D eigenvalue weighted by molar-refractivity contribution is -0.119. The molecule has 0 fully saturated rings. The summed E-state index contributed by atoms with van der Waals surface area (Å²) < 4.78 is 33.0. The zero-order valence-corrected chi connectivity index (χ0v) is 15.3. The number of nitrogens with one attached hydrogen (secondary N) is 1. The number of carbonyl (C=O) groups is 1. The highest BCUT2D eigenvalue weighted by atomic mass is 32.2. The molecular formula is C18H22N2O4S. The molecule has 0 spiro atoms. The van der Waals surface area contributed by atoms with Crippen molar-refractivity contribution in [3.8, 4) is 5.75 Å². The maximum atomic E-state index is 13.2. The zero-order chi connectivity index (χ0) is 18.4. The number of nitrogens with zero attached hydrogens (tertiary/aromatic N) is 1. The second kappa shape index (κ2) is 8.02. The fraction of sp³-hybridized carbons (Fsp3) is 0.278. The highest BCUT2D eigenvalue weighted by molar-refractivity contribution is 7.93. The van der Waals surface area contributed by atoms with Gasteiger partial charge in [-0.05, 0) is 36.8 Å². The molecule has 0 radical (unpaired) electrons. The van der Waals surface area contributed by atoms with Gasteiger partial charge in [0.1, 0.15) is 10.6 Å². The lowest BCUT2D eigenvalue weighted by Crippen LogP contribution is -2.31. The summed E-state index contributed by atoms with van der Waals surface area (Å²) in [5, 5.41) is 2.66. The van der Waals surface area contributed by atoms with Gasteiger partial charge in [0.25, 0.3) is 10.0 Å². The molecule has 0 heterocycles. The third-order valence-electron chi connectivity index (χ3n) is 3.67. The van der Waals surface area contributed by atoms with E-state index in [1.807, 2.05) is 6.07 Å². The van der Waals surface area contributed by atoms with E-state index in [2.05, 4.69) is 5.32 Å². The van der Waals surface area contributed by atoms with Gasteiger partial charge in [-0.25, -0.2) is 8.42 Å². The van der Waals surface area contributed by atoms with Crippen molar-refractivity contribution in [2.75, 3.05) is 18.0 Å². The normalized spacial score (nSPS) is 11.0. The van der Waals surface area contributed by atoms with Gasteiger partial charge in [0.05, 0.1) is 12.8 Å². The summed E-state index contributed by atoms with van der Waals surface area (Å²) in [6, 6.07) is 13.8. The predicted molar refractivity (Wildman–Crippen MR) is 97.2 cm³/mol. The molecule has 0 aliphatic carbocycles. The second-order valence-electron chi connectivity index (χ2n) is 5.40. The SMILES string of the molecule is CCN(c1ccccc1)S(=O)(=O)c1cc(CNC(C)=O)ccc1OC. The van der Waals surface area contributed by atoms with Gasteiger partial charge >= 0.3 is 0 Å². The quantitative estimate of drug-likeness (QED) is 0.821. The van der Waals surface area contributed by atoms with Crippen LogP contribution in [0, 0.1) is 0 Å². The maximum absolute atomic E-state index is 13.2. The van der Waals surface area contributed by atoms with Crippen LogP contribution in [-0.2, 0) is 21.4 Å². The molecule has 7 heteroatoms. The minimum absolute atomic E-state index is 0.0727. The average Bonchev–Trinajstić information content (AvgIpc) is 2.61. The van der Waals surface area contributed by atoms with Crippen LogP contribution >= 0.6 is 0 Å². The summed E-state index contributed by atoms with van der Waals surface area (Å²) in [6.07, 6.45) is 0. The number of amides is 1. The van der Waals surface area contributed by atoms with Crippen LogP contribution in [0.5, 0.6) is 5.75 Å². The third-order valence-corrected chi connectivity index (χ3v) is 5.59. The van der Waals surface area contributed by atoms with Crippen LogP contribution in [0.4, 0.5) is 5.69 Å². The second-order valence-corrected chi connectivity index (χ2v) is 7.23. The molecule has 2 rings (SSSR count). The Morgan fingerprint density at radius 1 is 1.16 bits per heavy atom. The van der Waals surface area contributed by atoms with E-state index in [1.165, 1.54) is 24.4 Å². The van der Waals surface area contributed by atoms with E-state index >= 15 is 0 Å². The average molecular weight is 362 g/mol. The topological polar surface area (TPSA) is 75.7 Å². The van der Waals surface area contributed by atoms with E-state index in [9.17, 15) is 13.2 Å². The predicted octanol–water partition coefficient (Wildman–Crippen LogP) is 2.55. The Balaban J connectivity index is 2.49. The fourth-order valence-corrected chi connectivity index (χ4v) is 4.15. The van der Waals surface area contributed by atoms with Crippen molar-refractivity contribution in [3.63, 3.8) is 0 Å². The number of para-hydroxylation sites is 1. The monoisotopic (exact) mass is 362 g/mol. The van der Waals surface area contributed by atoms with Gasteiger partial charge < -0.3 is 10.1 Å². The number of rotatable bonds is 7. The Morgan fingerprint density at radius 3 is 2.40 bits per heavy atom. The van der Waals surface area contributed by atoms with Gasteiger partial charge in [0, 0.05) is 20.0 Å². The largest absolute Gasteiger partial charge is 0.495 e. The number of methoxy groups -OCH3 is 1. The number of carbonyl (C=O) groups excluding carboxylic acids is 1. The molecule has 1 N–H and O–H groups in total. The third kappa shape index (κ3) is 4.30. The Kier molecular flexibility index (Phi) is 6.03. The van der Waals surface area contributed by atoms with Crippen LogP contribution in [0.25, 0.3) is 0 Å². The summed E-state index contributed by atoms with van der Waals surface area (Å²) in [5.41, 5.74) is 1.26. The zero-order valence-electron chi connectivity index (χ0n) is 14.5. The standard InChI is InChI=1S/C18H22N2O4S/c1-4-20(16-8-6-5-7-9-16)25(22,23)18-12-15(13-19-14(2)21)10-11-17(18)24-3/h5-12H,4,13H2,1-3H3,(H,19,21). The van der Waals surface area contributed by atoms with Crippen molar-refractivity contribution < 1.29 is 17.9 Å².